The third-order valence-corrected chi connectivity index (χ3v) is 6.23. The molecule has 24 heavy (non-hydrogen) atoms. The van der Waals surface area contributed by atoms with Gasteiger partial charge in [-0.15, -0.1) is 0 Å². The van der Waals surface area contributed by atoms with Gasteiger partial charge in [0.2, 0.25) is 5.91 Å². The van der Waals surface area contributed by atoms with E-state index in [1.165, 1.54) is 11.3 Å². The number of fused-ring (bicyclic) bond motifs is 1. The molecule has 0 aromatic heterocycles. The second-order valence-electron chi connectivity index (χ2n) is 7.76. The van der Waals surface area contributed by atoms with Crippen LogP contribution in [0.3, 0.4) is 0 Å². The van der Waals surface area contributed by atoms with Gasteiger partial charge in [-0.1, -0.05) is 12.1 Å². The molecule has 2 N–H and O–H groups in total. The Morgan fingerprint density at radius 3 is 2.83 bits per heavy atom. The molecule has 5 atom stereocenters. The Morgan fingerprint density at radius 2 is 2.08 bits per heavy atom. The second kappa shape index (κ2) is 6.03. The van der Waals surface area contributed by atoms with Crippen LogP contribution in [0.2, 0.25) is 0 Å². The normalized spacial score (nSPS) is 36.2. The molecule has 1 amide bonds. The first-order valence-corrected chi connectivity index (χ1v) is 9.03. The lowest BCUT2D eigenvalue weighted by molar-refractivity contribution is -0.123. The summed E-state index contributed by atoms with van der Waals surface area (Å²) in [4.78, 5) is 16.3. The zero-order valence-corrected chi connectivity index (χ0v) is 14.2. The van der Waals surface area contributed by atoms with Crippen molar-refractivity contribution in [1.29, 1.82) is 0 Å². The van der Waals surface area contributed by atoms with Crippen LogP contribution in [0, 0.1) is 18.8 Å². The molecular formula is C19H26FN3O. The number of nitrogens with zero attached hydrogens (tertiary/aromatic N) is 2. The highest BCUT2D eigenvalue weighted by atomic mass is 19.1. The molecule has 1 aromatic carbocycles. The number of hydrogen-bond donors (Lipinski definition) is 1. The third-order valence-electron chi connectivity index (χ3n) is 6.23. The first-order valence-electron chi connectivity index (χ1n) is 9.03. The number of primary amides is 1. The highest BCUT2D eigenvalue weighted by Crippen LogP contribution is 2.44. The van der Waals surface area contributed by atoms with Crippen molar-refractivity contribution in [3.05, 3.63) is 29.8 Å². The molecule has 4 nitrogen and oxygen atoms in total. The Bertz CT molecular complexity index is 637. The molecule has 4 rings (SSSR count). The lowest BCUT2D eigenvalue weighted by Gasteiger charge is -2.33. The van der Waals surface area contributed by atoms with Gasteiger partial charge >= 0.3 is 0 Å². The summed E-state index contributed by atoms with van der Waals surface area (Å²) < 4.78 is 13.9. The van der Waals surface area contributed by atoms with Crippen molar-refractivity contribution in [1.82, 2.24) is 4.90 Å². The fourth-order valence-electron chi connectivity index (χ4n) is 5.14. The number of anilines is 1. The van der Waals surface area contributed by atoms with E-state index in [1.807, 2.05) is 0 Å². The minimum atomic E-state index is -0.921. The number of halogens is 1. The number of nitrogens with two attached hydrogens (primary N) is 1. The molecule has 0 radical (unpaired) electrons. The molecule has 3 aliphatic rings. The lowest BCUT2D eigenvalue weighted by atomic mass is 9.96. The predicted octanol–water partition coefficient (Wildman–Crippen LogP) is 2.11. The first-order chi connectivity index (χ1) is 11.5. The number of likely N-dealkylation sites (tertiary alicyclic amines) is 1. The van der Waals surface area contributed by atoms with Crippen molar-refractivity contribution >= 4 is 11.6 Å². The van der Waals surface area contributed by atoms with E-state index in [9.17, 15) is 9.18 Å². The highest BCUT2D eigenvalue weighted by molar-refractivity contribution is 5.80. The zero-order chi connectivity index (χ0) is 16.8. The van der Waals surface area contributed by atoms with Crippen molar-refractivity contribution in [3.8, 4) is 0 Å². The molecule has 1 aliphatic carbocycles. The van der Waals surface area contributed by atoms with E-state index < -0.39 is 12.2 Å². The van der Waals surface area contributed by atoms with Gasteiger partial charge in [-0.2, -0.15) is 0 Å². The number of alkyl halides is 1. The average molecular weight is 331 g/mol. The van der Waals surface area contributed by atoms with Crippen molar-refractivity contribution in [2.45, 2.75) is 44.4 Å². The maximum Gasteiger partial charge on any atom is 0.234 e. The summed E-state index contributed by atoms with van der Waals surface area (Å²) in [5.41, 5.74) is 8.08. The molecule has 2 aliphatic heterocycles. The summed E-state index contributed by atoms with van der Waals surface area (Å²) in [6, 6.07) is 8.50. The fraction of sp³-hybridized carbons (Fsp3) is 0.632. The Hall–Kier alpha value is -1.62. The summed E-state index contributed by atoms with van der Waals surface area (Å²) >= 11 is 0. The number of rotatable bonds is 3. The van der Waals surface area contributed by atoms with Gasteiger partial charge in [0.25, 0.3) is 0 Å². The van der Waals surface area contributed by atoms with E-state index in [4.69, 9.17) is 5.73 Å². The molecule has 0 unspecified atom stereocenters. The summed E-state index contributed by atoms with van der Waals surface area (Å²) in [6.07, 6.45) is 1.57. The molecule has 2 saturated heterocycles. The van der Waals surface area contributed by atoms with Crippen LogP contribution < -0.4 is 10.6 Å². The van der Waals surface area contributed by atoms with Crippen molar-refractivity contribution in [2.75, 3.05) is 24.5 Å². The van der Waals surface area contributed by atoms with Gasteiger partial charge in [0.1, 0.15) is 6.17 Å². The number of amides is 1. The molecule has 3 fully saturated rings. The minimum absolute atomic E-state index is 0.269. The molecule has 0 bridgehead atoms. The maximum atomic E-state index is 13.9. The van der Waals surface area contributed by atoms with E-state index in [2.05, 4.69) is 41.0 Å². The van der Waals surface area contributed by atoms with Crippen LogP contribution in [0.25, 0.3) is 0 Å². The smallest absolute Gasteiger partial charge is 0.234 e. The summed E-state index contributed by atoms with van der Waals surface area (Å²) in [5.74, 6) is 0.785. The predicted molar refractivity (Wildman–Crippen MR) is 92.6 cm³/mol. The first kappa shape index (κ1) is 15.9. The van der Waals surface area contributed by atoms with Crippen LogP contribution >= 0.6 is 0 Å². The monoisotopic (exact) mass is 331 g/mol. The van der Waals surface area contributed by atoms with E-state index in [0.29, 0.717) is 24.4 Å². The molecule has 130 valence electrons. The SMILES string of the molecule is Cc1cccc(N2C[C@H]3CC[C@H](N4C[C@H](F)C[C@H]4C(N)=O)[C@H]3C2)c1. The van der Waals surface area contributed by atoms with Crippen LogP contribution in [-0.2, 0) is 4.79 Å². The van der Waals surface area contributed by atoms with Gasteiger partial charge in [0, 0.05) is 37.8 Å². The molecule has 5 heteroatoms. The zero-order valence-electron chi connectivity index (χ0n) is 14.2. The molecule has 1 saturated carbocycles. The Kier molecular flexibility index (Phi) is 3.99. The van der Waals surface area contributed by atoms with Crippen molar-refractivity contribution in [2.24, 2.45) is 17.6 Å². The van der Waals surface area contributed by atoms with Crippen LogP contribution in [0.5, 0.6) is 0 Å². The standard InChI is InChI=1S/C19H26FN3O/c1-12-3-2-4-15(7-12)22-9-13-5-6-17(16(13)11-22)23-10-14(20)8-18(23)19(21)24/h2-4,7,13-14,16-18H,5-6,8-11H2,1H3,(H2,21,24)/t13-,14-,16+,17+,18+/m1/s1. The molecular weight excluding hydrogens is 305 g/mol. The van der Waals surface area contributed by atoms with E-state index in [-0.39, 0.29) is 12.3 Å². The Balaban J connectivity index is 1.51. The molecule has 1 aromatic rings. The number of carbonyl (C=O) groups excluding carboxylic acids is 1. The molecule has 0 spiro atoms. The van der Waals surface area contributed by atoms with E-state index >= 15 is 0 Å². The van der Waals surface area contributed by atoms with Crippen LogP contribution in [0.15, 0.2) is 24.3 Å². The topological polar surface area (TPSA) is 49.6 Å². The molecule has 2 heterocycles. The quantitative estimate of drug-likeness (QED) is 0.923. The number of aryl methyl sites for hydroxylation is 1. The van der Waals surface area contributed by atoms with Gasteiger partial charge in [0.15, 0.2) is 0 Å². The van der Waals surface area contributed by atoms with Gasteiger partial charge in [-0.25, -0.2) is 4.39 Å². The van der Waals surface area contributed by atoms with Gasteiger partial charge in [-0.3, -0.25) is 9.69 Å². The average Bonchev–Trinajstić information content (AvgIpc) is 3.20. The number of hydrogen-bond acceptors (Lipinski definition) is 3. The number of carbonyl (C=O) groups is 1. The fourth-order valence-corrected chi connectivity index (χ4v) is 5.14. The summed E-state index contributed by atoms with van der Waals surface area (Å²) in [5, 5.41) is 0. The van der Waals surface area contributed by atoms with E-state index in [0.717, 1.165) is 25.9 Å². The van der Waals surface area contributed by atoms with Gasteiger partial charge in [0.05, 0.1) is 6.04 Å². The Morgan fingerprint density at radius 1 is 1.25 bits per heavy atom. The minimum Gasteiger partial charge on any atom is -0.371 e. The summed E-state index contributed by atoms with van der Waals surface area (Å²) in [7, 11) is 0. The Labute approximate surface area is 142 Å². The summed E-state index contributed by atoms with van der Waals surface area (Å²) in [6.45, 7) is 4.55. The van der Waals surface area contributed by atoms with Crippen molar-refractivity contribution in [3.63, 3.8) is 0 Å². The second-order valence-corrected chi connectivity index (χ2v) is 7.76. The maximum absolute atomic E-state index is 13.9. The third kappa shape index (κ3) is 2.69. The van der Waals surface area contributed by atoms with E-state index in [1.54, 1.807) is 0 Å². The van der Waals surface area contributed by atoms with Crippen molar-refractivity contribution < 1.29 is 9.18 Å². The highest BCUT2D eigenvalue weighted by Gasteiger charge is 2.49. The largest absolute Gasteiger partial charge is 0.371 e. The van der Waals surface area contributed by atoms with Crippen LogP contribution in [0.1, 0.15) is 24.8 Å². The van der Waals surface area contributed by atoms with Gasteiger partial charge < -0.3 is 10.6 Å². The lowest BCUT2D eigenvalue weighted by Crippen LogP contribution is -2.48. The van der Waals surface area contributed by atoms with Crippen LogP contribution in [-0.4, -0.2) is 48.7 Å². The number of benzene rings is 1. The van der Waals surface area contributed by atoms with Crippen LogP contribution in [0.4, 0.5) is 10.1 Å². The van der Waals surface area contributed by atoms with Gasteiger partial charge in [-0.05, 0) is 49.3 Å².